The fraction of sp³-hybridized carbons (Fsp3) is 0.111. The lowest BCUT2D eigenvalue weighted by Gasteiger charge is -1.93. The van der Waals surface area contributed by atoms with E-state index in [1.807, 2.05) is 0 Å². The smallest absolute Gasteiger partial charge is 0.293 e. The number of halogens is 1. The van der Waals surface area contributed by atoms with Crippen LogP contribution in [-0.4, -0.2) is 17.1 Å². The Balaban J connectivity index is 2.60. The first kappa shape index (κ1) is 9.21. The molecule has 0 aromatic heterocycles. The van der Waals surface area contributed by atoms with Crippen molar-refractivity contribution >= 4 is 27.7 Å². The third-order valence-corrected chi connectivity index (χ3v) is 2.36. The summed E-state index contributed by atoms with van der Waals surface area (Å²) in [7, 11) is 0. The topological polar surface area (TPSA) is 58.9 Å². The molecule has 0 fully saturated rings. The second-order valence-corrected chi connectivity index (χ2v) is 3.33. The van der Waals surface area contributed by atoms with Crippen molar-refractivity contribution in [1.82, 2.24) is 0 Å². The molecule has 1 heterocycles. The molecule has 0 N–H and O–H groups in total. The minimum absolute atomic E-state index is 0.0395. The van der Waals surface area contributed by atoms with Gasteiger partial charge in [-0.1, -0.05) is 15.9 Å². The lowest BCUT2D eigenvalue weighted by Crippen LogP contribution is -2.22. The predicted octanol–water partition coefficient (Wildman–Crippen LogP) is 0.637. The first-order chi connectivity index (χ1) is 6.70. The Morgan fingerprint density at radius 1 is 1.29 bits per heavy atom. The maximum atomic E-state index is 11.3. The fourth-order valence-electron chi connectivity index (χ4n) is 1.19. The summed E-state index contributed by atoms with van der Waals surface area (Å²) in [6.07, 6.45) is 0. The van der Waals surface area contributed by atoms with Gasteiger partial charge in [-0.25, -0.2) is 4.79 Å². The van der Waals surface area contributed by atoms with Crippen LogP contribution < -0.4 is 10.7 Å². The number of alkyl halides is 1. The lowest BCUT2D eigenvalue weighted by atomic mass is 10.1. The van der Waals surface area contributed by atoms with Gasteiger partial charge in [0.25, 0.3) is 0 Å². The molecule has 0 spiro atoms. The molecule has 14 heavy (non-hydrogen) atoms. The fourth-order valence-corrected chi connectivity index (χ4v) is 1.51. The van der Waals surface area contributed by atoms with Crippen molar-refractivity contribution in [2.24, 2.45) is 9.98 Å². The van der Waals surface area contributed by atoms with E-state index in [0.717, 1.165) is 0 Å². The minimum atomic E-state index is -0.511. The van der Waals surface area contributed by atoms with Crippen LogP contribution in [0.25, 0.3) is 0 Å². The molecule has 5 heteroatoms. The molecule has 0 unspecified atom stereocenters. The summed E-state index contributed by atoms with van der Waals surface area (Å²) in [5, 5.41) is 1.26. The highest BCUT2D eigenvalue weighted by Gasteiger charge is 2.08. The number of urea groups is 1. The van der Waals surface area contributed by atoms with Crippen molar-refractivity contribution in [2.75, 3.05) is 5.33 Å². The molecular weight excluding hydrogens is 248 g/mol. The van der Waals surface area contributed by atoms with Crippen molar-refractivity contribution in [2.45, 2.75) is 0 Å². The quantitative estimate of drug-likeness (QED) is 0.573. The van der Waals surface area contributed by atoms with E-state index in [0.29, 0.717) is 16.3 Å². The van der Waals surface area contributed by atoms with E-state index in [1.54, 1.807) is 18.2 Å². The number of Topliss-reactive ketones (excluding diaryl/α,β-unsaturated/α-hetero) is 1. The molecule has 70 valence electrons. The third-order valence-electron chi connectivity index (χ3n) is 1.85. The zero-order chi connectivity index (χ0) is 10.1. The zero-order valence-electron chi connectivity index (χ0n) is 7.03. The van der Waals surface area contributed by atoms with Gasteiger partial charge in [-0.05, 0) is 18.2 Å². The molecule has 0 radical (unpaired) electrons. The molecular formula is C9H5BrN2O2. The van der Waals surface area contributed by atoms with Crippen LogP contribution in [0.3, 0.4) is 0 Å². The summed E-state index contributed by atoms with van der Waals surface area (Å²) < 4.78 is 0. The summed E-state index contributed by atoms with van der Waals surface area (Å²) in [6.45, 7) is 0. The molecule has 1 aromatic carbocycles. The average molecular weight is 253 g/mol. The predicted molar refractivity (Wildman–Crippen MR) is 52.3 cm³/mol. The Hall–Kier alpha value is -1.36. The van der Waals surface area contributed by atoms with Crippen LogP contribution >= 0.6 is 15.9 Å². The number of nitrogens with zero attached hydrogens (tertiary/aromatic N) is 2. The van der Waals surface area contributed by atoms with Gasteiger partial charge in [-0.3, -0.25) is 4.79 Å². The van der Waals surface area contributed by atoms with Crippen LogP contribution in [0, 0.1) is 0 Å². The zero-order valence-corrected chi connectivity index (χ0v) is 8.61. The normalized spacial score (nSPS) is 13.1. The SMILES string of the molecule is O=C1N=c2ccc(C(=O)CBr)cc2=N1. The Labute approximate surface area is 87.5 Å². The summed E-state index contributed by atoms with van der Waals surface area (Å²) in [6, 6.07) is 4.33. The van der Waals surface area contributed by atoms with Crippen LogP contribution in [0.15, 0.2) is 28.2 Å². The van der Waals surface area contributed by atoms with E-state index in [9.17, 15) is 9.59 Å². The van der Waals surface area contributed by atoms with Crippen LogP contribution in [0.5, 0.6) is 0 Å². The van der Waals surface area contributed by atoms with Crippen LogP contribution in [0.1, 0.15) is 10.4 Å². The van der Waals surface area contributed by atoms with Gasteiger partial charge in [0, 0.05) is 5.56 Å². The number of hydrogen-bond donors (Lipinski definition) is 0. The Kier molecular flexibility index (Phi) is 2.25. The molecule has 0 saturated heterocycles. The maximum Gasteiger partial charge on any atom is 0.368 e. The van der Waals surface area contributed by atoms with Crippen LogP contribution in [0.2, 0.25) is 0 Å². The number of ketones is 1. The average Bonchev–Trinajstić information content (AvgIpc) is 2.55. The number of carbonyl (C=O) groups is 2. The molecule has 0 aliphatic carbocycles. The van der Waals surface area contributed by atoms with E-state index in [4.69, 9.17) is 0 Å². The Morgan fingerprint density at radius 3 is 2.71 bits per heavy atom. The highest BCUT2D eigenvalue weighted by Crippen LogP contribution is 1.98. The largest absolute Gasteiger partial charge is 0.368 e. The van der Waals surface area contributed by atoms with Crippen LogP contribution in [0.4, 0.5) is 4.79 Å². The highest BCUT2D eigenvalue weighted by atomic mass is 79.9. The van der Waals surface area contributed by atoms with E-state index in [2.05, 4.69) is 25.9 Å². The van der Waals surface area contributed by atoms with E-state index in [-0.39, 0.29) is 11.1 Å². The minimum Gasteiger partial charge on any atom is -0.293 e. The number of carbonyl (C=O) groups excluding carboxylic acids is 2. The number of amides is 2. The molecule has 2 rings (SSSR count). The standard InChI is InChI=1S/C9H5BrN2O2/c10-4-8(13)5-1-2-6-7(3-5)12-9(14)11-6/h1-3H,4H2. The van der Waals surface area contributed by atoms with E-state index in [1.165, 1.54) is 0 Å². The van der Waals surface area contributed by atoms with Crippen molar-refractivity contribution in [1.29, 1.82) is 0 Å². The Morgan fingerprint density at radius 2 is 2.00 bits per heavy atom. The van der Waals surface area contributed by atoms with Gasteiger partial charge in [0.2, 0.25) is 0 Å². The molecule has 1 aliphatic rings. The summed E-state index contributed by atoms with van der Waals surface area (Å²) in [5.74, 6) is -0.0395. The highest BCUT2D eigenvalue weighted by molar-refractivity contribution is 9.09. The van der Waals surface area contributed by atoms with Crippen molar-refractivity contribution in [3.8, 4) is 0 Å². The number of benzene rings is 1. The second-order valence-electron chi connectivity index (χ2n) is 2.77. The van der Waals surface area contributed by atoms with Crippen molar-refractivity contribution < 1.29 is 9.59 Å². The Bertz CT molecular complexity index is 536. The first-order valence-corrected chi connectivity index (χ1v) is 5.03. The summed E-state index contributed by atoms with van der Waals surface area (Å²) in [5.41, 5.74) is 0.536. The number of fused-ring (bicyclic) bond motifs is 1. The molecule has 0 saturated carbocycles. The van der Waals surface area contributed by atoms with Gasteiger partial charge < -0.3 is 0 Å². The molecule has 1 aliphatic heterocycles. The van der Waals surface area contributed by atoms with Gasteiger partial charge in [-0.15, -0.1) is 0 Å². The number of rotatable bonds is 2. The third kappa shape index (κ3) is 1.50. The molecule has 0 bridgehead atoms. The van der Waals surface area contributed by atoms with E-state index < -0.39 is 6.03 Å². The van der Waals surface area contributed by atoms with Crippen molar-refractivity contribution in [3.05, 3.63) is 34.5 Å². The molecule has 2 amide bonds. The molecule has 4 nitrogen and oxygen atoms in total. The van der Waals surface area contributed by atoms with Gasteiger partial charge in [-0.2, -0.15) is 9.98 Å². The second kappa shape index (κ2) is 3.42. The molecule has 1 aromatic rings. The molecule has 0 atom stereocenters. The first-order valence-electron chi connectivity index (χ1n) is 3.91. The van der Waals surface area contributed by atoms with Gasteiger partial charge >= 0.3 is 6.03 Å². The van der Waals surface area contributed by atoms with Gasteiger partial charge in [0.05, 0.1) is 16.0 Å². The monoisotopic (exact) mass is 252 g/mol. The van der Waals surface area contributed by atoms with E-state index >= 15 is 0 Å². The summed E-state index contributed by atoms with van der Waals surface area (Å²) >= 11 is 3.07. The van der Waals surface area contributed by atoms with Gasteiger partial charge in [0.15, 0.2) is 5.78 Å². The lowest BCUT2D eigenvalue weighted by molar-refractivity contribution is 0.102. The summed E-state index contributed by atoms with van der Waals surface area (Å²) in [4.78, 5) is 29.4. The van der Waals surface area contributed by atoms with Crippen molar-refractivity contribution in [3.63, 3.8) is 0 Å². The van der Waals surface area contributed by atoms with Gasteiger partial charge in [0.1, 0.15) is 0 Å². The maximum absolute atomic E-state index is 11.3. The van der Waals surface area contributed by atoms with Crippen LogP contribution in [-0.2, 0) is 0 Å². The number of hydrogen-bond acceptors (Lipinski definition) is 2.